The molecule has 1 atom stereocenters. The lowest BCUT2D eigenvalue weighted by molar-refractivity contribution is -0.127. The van der Waals surface area contributed by atoms with Gasteiger partial charge in [0.05, 0.1) is 10.8 Å². The van der Waals surface area contributed by atoms with Crippen LogP contribution in [-0.2, 0) is 14.8 Å². The zero-order valence-electron chi connectivity index (χ0n) is 13.7. The zero-order valence-corrected chi connectivity index (χ0v) is 15.2. The van der Waals surface area contributed by atoms with Crippen LogP contribution in [0.5, 0.6) is 0 Å². The number of carbonyl (C=O) groups excluding carboxylic acids is 1. The number of nitrogens with one attached hydrogen (secondary N) is 1. The van der Waals surface area contributed by atoms with Crippen molar-refractivity contribution in [1.82, 2.24) is 9.62 Å². The van der Waals surface area contributed by atoms with E-state index in [-0.39, 0.29) is 28.8 Å². The van der Waals surface area contributed by atoms with Crippen LogP contribution in [-0.4, -0.2) is 37.3 Å². The van der Waals surface area contributed by atoms with Crippen LogP contribution in [0.1, 0.15) is 33.6 Å². The molecule has 0 unspecified atom stereocenters. The van der Waals surface area contributed by atoms with Gasteiger partial charge in [0.25, 0.3) is 0 Å². The van der Waals surface area contributed by atoms with Gasteiger partial charge in [0.15, 0.2) is 0 Å². The van der Waals surface area contributed by atoms with Gasteiger partial charge in [0.1, 0.15) is 0 Å². The fraction of sp³-hybridized carbons (Fsp3) is 0.562. The van der Waals surface area contributed by atoms with Crippen LogP contribution in [0.25, 0.3) is 0 Å². The summed E-state index contributed by atoms with van der Waals surface area (Å²) in [6, 6.07) is 6.11. The van der Waals surface area contributed by atoms with Gasteiger partial charge in [-0.05, 0) is 57.9 Å². The van der Waals surface area contributed by atoms with E-state index in [1.807, 2.05) is 20.8 Å². The largest absolute Gasteiger partial charge is 0.351 e. The van der Waals surface area contributed by atoms with Gasteiger partial charge in [-0.25, -0.2) is 8.42 Å². The molecule has 0 saturated carbocycles. The number of benzene rings is 1. The number of halogens is 1. The van der Waals surface area contributed by atoms with Crippen molar-refractivity contribution >= 4 is 27.5 Å². The highest BCUT2D eigenvalue weighted by Gasteiger charge is 2.34. The molecule has 0 spiro atoms. The third-order valence-electron chi connectivity index (χ3n) is 3.70. The molecule has 1 saturated heterocycles. The lowest BCUT2D eigenvalue weighted by atomic mass is 9.97. The molecule has 1 aromatic carbocycles. The van der Waals surface area contributed by atoms with Crippen molar-refractivity contribution in [2.75, 3.05) is 13.1 Å². The zero-order chi connectivity index (χ0) is 17.3. The van der Waals surface area contributed by atoms with Crippen molar-refractivity contribution in [3.8, 4) is 0 Å². The van der Waals surface area contributed by atoms with Crippen LogP contribution in [0.3, 0.4) is 0 Å². The van der Waals surface area contributed by atoms with Gasteiger partial charge in [0.2, 0.25) is 15.9 Å². The van der Waals surface area contributed by atoms with Crippen LogP contribution >= 0.6 is 11.6 Å². The van der Waals surface area contributed by atoms with Crippen LogP contribution < -0.4 is 5.32 Å². The maximum atomic E-state index is 12.7. The highest BCUT2D eigenvalue weighted by atomic mass is 35.5. The van der Waals surface area contributed by atoms with Gasteiger partial charge in [-0.15, -0.1) is 0 Å². The lowest BCUT2D eigenvalue weighted by Gasteiger charge is -2.33. The van der Waals surface area contributed by atoms with E-state index in [0.717, 1.165) is 0 Å². The van der Waals surface area contributed by atoms with E-state index < -0.39 is 10.0 Å². The molecular formula is C16H23ClN2O3S. The third kappa shape index (κ3) is 4.68. The Bertz CT molecular complexity index is 666. The fourth-order valence-corrected chi connectivity index (χ4v) is 4.25. The topological polar surface area (TPSA) is 66.5 Å². The molecule has 1 N–H and O–H groups in total. The van der Waals surface area contributed by atoms with E-state index >= 15 is 0 Å². The Morgan fingerprint density at radius 2 is 1.87 bits per heavy atom. The average Bonchev–Trinajstić information content (AvgIpc) is 2.46. The van der Waals surface area contributed by atoms with E-state index in [1.54, 1.807) is 12.1 Å². The summed E-state index contributed by atoms with van der Waals surface area (Å²) in [5.74, 6) is -0.404. The van der Waals surface area contributed by atoms with Gasteiger partial charge < -0.3 is 5.32 Å². The number of piperidine rings is 1. The maximum Gasteiger partial charge on any atom is 0.243 e. The number of amides is 1. The Kier molecular flexibility index (Phi) is 5.38. The molecule has 2 rings (SSSR count). The first-order valence-electron chi connectivity index (χ1n) is 7.67. The van der Waals surface area contributed by atoms with Gasteiger partial charge in [-0.1, -0.05) is 11.6 Å². The van der Waals surface area contributed by atoms with Crippen molar-refractivity contribution in [1.29, 1.82) is 0 Å². The Morgan fingerprint density at radius 1 is 1.26 bits per heavy atom. The maximum absolute atomic E-state index is 12.7. The molecular weight excluding hydrogens is 336 g/mol. The van der Waals surface area contributed by atoms with Gasteiger partial charge in [-0.2, -0.15) is 4.31 Å². The Hall–Kier alpha value is -1.11. The monoisotopic (exact) mass is 358 g/mol. The van der Waals surface area contributed by atoms with Crippen molar-refractivity contribution in [2.45, 2.75) is 44.0 Å². The molecule has 7 heteroatoms. The number of carbonyl (C=O) groups is 1. The lowest BCUT2D eigenvalue weighted by Crippen LogP contribution is -2.49. The fourth-order valence-electron chi connectivity index (χ4n) is 2.60. The molecule has 0 aliphatic carbocycles. The standard InChI is InChI=1S/C16H23ClN2O3S/c1-16(2,3)18-15(20)12-5-4-10-19(11-12)23(21,22)14-8-6-13(17)7-9-14/h6-9,12H,4-5,10-11H2,1-3H3,(H,18,20)/t12-/m0/s1. The average molecular weight is 359 g/mol. The first kappa shape index (κ1) is 18.2. The predicted octanol–water partition coefficient (Wildman–Crippen LogP) is 2.66. The molecule has 1 amide bonds. The van der Waals surface area contributed by atoms with Gasteiger partial charge in [0, 0.05) is 23.7 Å². The van der Waals surface area contributed by atoms with Crippen LogP contribution in [0, 0.1) is 5.92 Å². The first-order valence-corrected chi connectivity index (χ1v) is 9.49. The second-order valence-electron chi connectivity index (χ2n) is 6.90. The summed E-state index contributed by atoms with van der Waals surface area (Å²) >= 11 is 5.81. The van der Waals surface area contributed by atoms with Crippen LogP contribution in [0.15, 0.2) is 29.2 Å². The van der Waals surface area contributed by atoms with E-state index in [0.29, 0.717) is 24.4 Å². The highest BCUT2D eigenvalue weighted by Crippen LogP contribution is 2.25. The molecule has 1 fully saturated rings. The van der Waals surface area contributed by atoms with E-state index in [9.17, 15) is 13.2 Å². The smallest absolute Gasteiger partial charge is 0.243 e. The number of hydrogen-bond donors (Lipinski definition) is 1. The Morgan fingerprint density at radius 3 is 2.43 bits per heavy atom. The normalized spacial score (nSPS) is 20.3. The van der Waals surface area contributed by atoms with E-state index in [2.05, 4.69) is 5.32 Å². The van der Waals surface area contributed by atoms with Crippen LogP contribution in [0.4, 0.5) is 0 Å². The molecule has 5 nitrogen and oxygen atoms in total. The summed E-state index contributed by atoms with van der Waals surface area (Å²) in [6.07, 6.45) is 1.38. The molecule has 23 heavy (non-hydrogen) atoms. The SMILES string of the molecule is CC(C)(C)NC(=O)[C@H]1CCCN(S(=O)(=O)c2ccc(Cl)cc2)C1. The summed E-state index contributed by atoms with van der Waals surface area (Å²) in [5, 5.41) is 3.42. The minimum absolute atomic E-state index is 0.0893. The number of nitrogens with zero attached hydrogens (tertiary/aromatic N) is 1. The Balaban J connectivity index is 2.14. The first-order chi connectivity index (χ1) is 10.6. The molecule has 0 aromatic heterocycles. The molecule has 128 valence electrons. The number of hydrogen-bond acceptors (Lipinski definition) is 3. The summed E-state index contributed by atoms with van der Waals surface area (Å²) < 4.78 is 26.8. The van der Waals surface area contributed by atoms with Crippen LogP contribution in [0.2, 0.25) is 5.02 Å². The number of sulfonamides is 1. The quantitative estimate of drug-likeness (QED) is 0.903. The minimum atomic E-state index is -3.59. The van der Waals surface area contributed by atoms with Crippen molar-refractivity contribution < 1.29 is 13.2 Å². The van der Waals surface area contributed by atoms with Crippen molar-refractivity contribution in [2.24, 2.45) is 5.92 Å². The summed E-state index contributed by atoms with van der Waals surface area (Å²) in [4.78, 5) is 12.5. The second kappa shape index (κ2) is 6.79. The molecule has 1 aliphatic heterocycles. The molecule has 0 radical (unpaired) electrons. The minimum Gasteiger partial charge on any atom is -0.351 e. The van der Waals surface area contributed by atoms with E-state index in [4.69, 9.17) is 11.6 Å². The number of rotatable bonds is 3. The van der Waals surface area contributed by atoms with E-state index in [1.165, 1.54) is 16.4 Å². The Labute approximate surface area is 143 Å². The van der Waals surface area contributed by atoms with Gasteiger partial charge in [-0.3, -0.25) is 4.79 Å². The summed E-state index contributed by atoms with van der Waals surface area (Å²) in [5.41, 5.74) is -0.325. The van der Waals surface area contributed by atoms with Gasteiger partial charge >= 0.3 is 0 Å². The molecule has 1 aromatic rings. The predicted molar refractivity (Wildman–Crippen MR) is 90.8 cm³/mol. The highest BCUT2D eigenvalue weighted by molar-refractivity contribution is 7.89. The second-order valence-corrected chi connectivity index (χ2v) is 9.27. The molecule has 0 bridgehead atoms. The van der Waals surface area contributed by atoms with Crippen molar-refractivity contribution in [3.63, 3.8) is 0 Å². The summed E-state index contributed by atoms with van der Waals surface area (Å²) in [7, 11) is -3.59. The molecule has 1 aliphatic rings. The summed E-state index contributed by atoms with van der Waals surface area (Å²) in [6.45, 7) is 6.39. The van der Waals surface area contributed by atoms with Crippen molar-refractivity contribution in [3.05, 3.63) is 29.3 Å². The third-order valence-corrected chi connectivity index (χ3v) is 5.84. The molecule has 1 heterocycles.